The van der Waals surface area contributed by atoms with Crippen LogP contribution in [0.25, 0.3) is 0 Å². The van der Waals surface area contributed by atoms with Gasteiger partial charge in [0, 0.05) is 6.54 Å². The number of likely N-dealkylation sites (tertiary alicyclic amines) is 1. The maximum Gasteiger partial charge on any atom is 0.239 e. The molecule has 78 valence electrons. The van der Waals surface area contributed by atoms with Crippen molar-refractivity contribution in [1.82, 2.24) is 19.7 Å². The molecule has 0 spiro atoms. The van der Waals surface area contributed by atoms with E-state index < -0.39 is 0 Å². The molecule has 0 atom stereocenters. The Bertz CT molecular complexity index is 276. The normalized spacial score (nSPS) is 17.7. The van der Waals surface area contributed by atoms with E-state index >= 15 is 0 Å². The van der Waals surface area contributed by atoms with Crippen molar-refractivity contribution in [1.29, 1.82) is 0 Å². The molecule has 2 rings (SSSR count). The van der Waals surface area contributed by atoms with E-state index in [0.29, 0.717) is 5.95 Å². The number of rotatable bonds is 4. The maximum atomic E-state index is 5.42. The molecule has 1 aromatic heterocycles. The van der Waals surface area contributed by atoms with Crippen LogP contribution in [0.15, 0.2) is 6.33 Å². The first-order valence-electron chi connectivity index (χ1n) is 5.22. The number of hydrogen-bond donors (Lipinski definition) is 1. The topological polar surface area (TPSA) is 60.0 Å². The summed E-state index contributed by atoms with van der Waals surface area (Å²) >= 11 is 0. The molecule has 0 saturated carbocycles. The quantitative estimate of drug-likeness (QED) is 0.753. The molecule has 0 bridgehead atoms. The molecule has 0 aromatic carbocycles. The number of anilines is 1. The number of aromatic nitrogens is 3. The Labute approximate surface area is 83.9 Å². The fourth-order valence-electron chi connectivity index (χ4n) is 1.88. The lowest BCUT2D eigenvalue weighted by molar-refractivity contribution is 0.322. The van der Waals surface area contributed by atoms with Gasteiger partial charge in [-0.05, 0) is 38.9 Å². The van der Waals surface area contributed by atoms with Gasteiger partial charge >= 0.3 is 0 Å². The van der Waals surface area contributed by atoms with E-state index in [2.05, 4.69) is 15.0 Å². The molecule has 0 radical (unpaired) electrons. The van der Waals surface area contributed by atoms with Crippen LogP contribution in [-0.2, 0) is 6.54 Å². The number of aryl methyl sites for hydroxylation is 1. The predicted octanol–water partition coefficient (Wildman–Crippen LogP) is 0.346. The number of nitrogens with two attached hydrogens (primary N) is 1. The summed E-state index contributed by atoms with van der Waals surface area (Å²) in [6, 6.07) is 0. The molecule has 1 aliphatic heterocycles. The van der Waals surface area contributed by atoms with E-state index in [-0.39, 0.29) is 0 Å². The number of hydrogen-bond acceptors (Lipinski definition) is 4. The van der Waals surface area contributed by atoms with Crippen molar-refractivity contribution < 1.29 is 0 Å². The molecule has 1 aromatic rings. The average Bonchev–Trinajstić information content (AvgIpc) is 2.77. The van der Waals surface area contributed by atoms with Crippen LogP contribution in [0.1, 0.15) is 19.3 Å². The number of nitrogens with zero attached hydrogens (tertiary/aromatic N) is 4. The van der Waals surface area contributed by atoms with Crippen LogP contribution >= 0.6 is 0 Å². The van der Waals surface area contributed by atoms with Crippen LogP contribution in [-0.4, -0.2) is 39.3 Å². The second-order valence-electron chi connectivity index (χ2n) is 3.77. The van der Waals surface area contributed by atoms with Crippen molar-refractivity contribution in [3.63, 3.8) is 0 Å². The molecule has 2 N–H and O–H groups in total. The molecule has 1 fully saturated rings. The van der Waals surface area contributed by atoms with Gasteiger partial charge in [0.1, 0.15) is 6.33 Å². The summed E-state index contributed by atoms with van der Waals surface area (Å²) in [4.78, 5) is 6.38. The van der Waals surface area contributed by atoms with Crippen LogP contribution < -0.4 is 5.73 Å². The summed E-state index contributed by atoms with van der Waals surface area (Å²) < 4.78 is 1.81. The molecule has 1 saturated heterocycles. The molecule has 0 aliphatic carbocycles. The monoisotopic (exact) mass is 195 g/mol. The molecule has 5 heteroatoms. The van der Waals surface area contributed by atoms with E-state index in [9.17, 15) is 0 Å². The standard InChI is InChI=1S/C9H17N5/c10-9-11-8-14(12-9)7-3-6-13-4-1-2-5-13/h8H,1-7H2,(H2,10,12). The minimum absolute atomic E-state index is 0.367. The van der Waals surface area contributed by atoms with Gasteiger partial charge in [0.15, 0.2) is 0 Å². The zero-order valence-electron chi connectivity index (χ0n) is 8.39. The van der Waals surface area contributed by atoms with Gasteiger partial charge in [-0.3, -0.25) is 4.68 Å². The summed E-state index contributed by atoms with van der Waals surface area (Å²) in [5, 5.41) is 4.04. The van der Waals surface area contributed by atoms with Gasteiger partial charge in [-0.25, -0.2) is 4.98 Å². The minimum Gasteiger partial charge on any atom is -0.367 e. The van der Waals surface area contributed by atoms with Crippen molar-refractivity contribution in [2.75, 3.05) is 25.4 Å². The molecule has 1 aliphatic rings. The zero-order valence-corrected chi connectivity index (χ0v) is 8.39. The molecule has 2 heterocycles. The lowest BCUT2D eigenvalue weighted by atomic mass is 10.4. The minimum atomic E-state index is 0.367. The molecular formula is C9H17N5. The van der Waals surface area contributed by atoms with Crippen molar-refractivity contribution in [3.8, 4) is 0 Å². The Kier molecular flexibility index (Phi) is 2.98. The third-order valence-corrected chi connectivity index (χ3v) is 2.61. The van der Waals surface area contributed by atoms with E-state index in [0.717, 1.165) is 13.0 Å². The van der Waals surface area contributed by atoms with E-state index in [1.165, 1.54) is 32.5 Å². The average molecular weight is 195 g/mol. The molecular weight excluding hydrogens is 178 g/mol. The third kappa shape index (κ3) is 2.45. The highest BCUT2D eigenvalue weighted by Crippen LogP contribution is 2.07. The Morgan fingerprint density at radius 3 is 2.71 bits per heavy atom. The third-order valence-electron chi connectivity index (χ3n) is 2.61. The van der Waals surface area contributed by atoms with E-state index in [4.69, 9.17) is 5.73 Å². The van der Waals surface area contributed by atoms with Crippen LogP contribution in [0.4, 0.5) is 5.95 Å². The van der Waals surface area contributed by atoms with Gasteiger partial charge in [0.25, 0.3) is 0 Å². The summed E-state index contributed by atoms with van der Waals surface area (Å²) in [6.07, 6.45) is 5.54. The molecule has 0 amide bonds. The number of nitrogen functional groups attached to an aromatic ring is 1. The summed E-state index contributed by atoms with van der Waals surface area (Å²) in [5.41, 5.74) is 5.42. The van der Waals surface area contributed by atoms with Crippen LogP contribution in [0.2, 0.25) is 0 Å². The highest BCUT2D eigenvalue weighted by atomic mass is 15.4. The van der Waals surface area contributed by atoms with Crippen molar-refractivity contribution in [2.24, 2.45) is 0 Å². The zero-order chi connectivity index (χ0) is 9.80. The van der Waals surface area contributed by atoms with Gasteiger partial charge < -0.3 is 10.6 Å². The first-order chi connectivity index (χ1) is 6.84. The van der Waals surface area contributed by atoms with Gasteiger partial charge in [-0.2, -0.15) is 0 Å². The van der Waals surface area contributed by atoms with Crippen molar-refractivity contribution in [2.45, 2.75) is 25.8 Å². The van der Waals surface area contributed by atoms with Crippen LogP contribution in [0.3, 0.4) is 0 Å². The van der Waals surface area contributed by atoms with Gasteiger partial charge in [0.2, 0.25) is 5.95 Å². The SMILES string of the molecule is Nc1ncn(CCCN2CCCC2)n1. The summed E-state index contributed by atoms with van der Waals surface area (Å²) in [6.45, 7) is 4.61. The second kappa shape index (κ2) is 4.41. The van der Waals surface area contributed by atoms with E-state index in [1.807, 2.05) is 4.68 Å². The van der Waals surface area contributed by atoms with E-state index in [1.54, 1.807) is 6.33 Å². The summed E-state index contributed by atoms with van der Waals surface area (Å²) in [7, 11) is 0. The maximum absolute atomic E-state index is 5.42. The Hall–Kier alpha value is -1.10. The lowest BCUT2D eigenvalue weighted by Gasteiger charge is -2.13. The molecule has 14 heavy (non-hydrogen) atoms. The van der Waals surface area contributed by atoms with Crippen molar-refractivity contribution >= 4 is 5.95 Å². The first-order valence-corrected chi connectivity index (χ1v) is 5.22. The van der Waals surface area contributed by atoms with Gasteiger partial charge in [0.05, 0.1) is 0 Å². The van der Waals surface area contributed by atoms with Gasteiger partial charge in [-0.15, -0.1) is 5.10 Å². The lowest BCUT2D eigenvalue weighted by Crippen LogP contribution is -2.21. The summed E-state index contributed by atoms with van der Waals surface area (Å²) in [5.74, 6) is 0.367. The largest absolute Gasteiger partial charge is 0.367 e. The highest BCUT2D eigenvalue weighted by molar-refractivity contribution is 5.09. The smallest absolute Gasteiger partial charge is 0.239 e. The Morgan fingerprint density at radius 2 is 2.07 bits per heavy atom. The first kappa shape index (κ1) is 9.45. The van der Waals surface area contributed by atoms with Crippen LogP contribution in [0, 0.1) is 0 Å². The second-order valence-corrected chi connectivity index (χ2v) is 3.77. The molecule has 0 unspecified atom stereocenters. The molecule has 5 nitrogen and oxygen atoms in total. The Morgan fingerprint density at radius 1 is 1.29 bits per heavy atom. The Balaban J connectivity index is 1.67. The fraction of sp³-hybridized carbons (Fsp3) is 0.778. The van der Waals surface area contributed by atoms with Crippen molar-refractivity contribution in [3.05, 3.63) is 6.33 Å². The van der Waals surface area contributed by atoms with Crippen LogP contribution in [0.5, 0.6) is 0 Å². The van der Waals surface area contributed by atoms with Gasteiger partial charge in [-0.1, -0.05) is 0 Å². The fourth-order valence-corrected chi connectivity index (χ4v) is 1.88. The highest BCUT2D eigenvalue weighted by Gasteiger charge is 2.10. The predicted molar refractivity (Wildman–Crippen MR) is 54.7 cm³/mol.